The molecule has 0 spiro atoms. The molecule has 0 bridgehead atoms. The standard InChI is InChI=1S/C70H126N12O15S/c1-25-27-29-47(15)59(83)58-63(87)73-50(26-2)65(89)79(22)55(40-98(95,96)35-28-30-82-31-33-97-34-32-82)68(92)75(18)52(37-42(5)6)62(86)74-56(45(11)12)69(93)76(19)51(36-41(3)4)61(85)71-48(16)60(84)72-49(17)64(88)77(20)53(38-43(7)8)66(90)78(21)54(39-44(9)10)67(91)80(23)57(46(13)14)70(94)81(58)24/h25,27,41-59,83H,26,28-40H2,1-24H3,(H,71,85)(H,72,84)(H,73,87)(H,74,86)/t47-,48-,49+,50-,51-,52+,53-,54-,55-,56-,57-,58-,59-/m1/s1. The Hall–Kier alpha value is -6.26. The maximum atomic E-state index is 15.5. The van der Waals surface area contributed by atoms with Crippen LogP contribution in [-0.4, -0.2) is 284 Å². The first-order valence-corrected chi connectivity index (χ1v) is 37.1. The Labute approximate surface area is 586 Å². The molecule has 0 aromatic heterocycles. The normalized spacial score (nSPS) is 27.0. The van der Waals surface area contributed by atoms with Gasteiger partial charge in [0, 0.05) is 62.4 Å². The Kier molecular flexibility index (Phi) is 36.1. The van der Waals surface area contributed by atoms with Crippen LogP contribution in [0.2, 0.25) is 0 Å². The minimum Gasteiger partial charge on any atom is -0.390 e. The third kappa shape index (κ3) is 25.1. The molecule has 5 N–H and O–H groups in total. The molecule has 2 saturated heterocycles. The lowest BCUT2D eigenvalue weighted by Crippen LogP contribution is -2.64. The Morgan fingerprint density at radius 1 is 0.490 bits per heavy atom. The summed E-state index contributed by atoms with van der Waals surface area (Å²) in [6.45, 7) is 31.9. The highest BCUT2D eigenvalue weighted by atomic mass is 32.2. The Balaban J connectivity index is 3.15. The summed E-state index contributed by atoms with van der Waals surface area (Å²) in [5.41, 5.74) is 0. The van der Waals surface area contributed by atoms with Crippen LogP contribution in [0.5, 0.6) is 0 Å². The Morgan fingerprint density at radius 3 is 1.38 bits per heavy atom. The number of hydrogen-bond donors (Lipinski definition) is 5. The first-order chi connectivity index (χ1) is 45.4. The van der Waals surface area contributed by atoms with Crippen LogP contribution in [0, 0.1) is 41.4 Å². The zero-order chi connectivity index (χ0) is 75.3. The molecule has 0 radical (unpaired) electrons. The van der Waals surface area contributed by atoms with Crippen LogP contribution < -0.4 is 21.3 Å². The minimum absolute atomic E-state index is 0.0116. The molecular weight excluding hydrogens is 1280 g/mol. The van der Waals surface area contributed by atoms with Crippen molar-refractivity contribution in [2.24, 2.45) is 41.4 Å². The predicted octanol–water partition coefficient (Wildman–Crippen LogP) is 2.77. The van der Waals surface area contributed by atoms with Crippen molar-refractivity contribution >= 4 is 74.8 Å². The highest BCUT2D eigenvalue weighted by Gasteiger charge is 2.47. The first-order valence-electron chi connectivity index (χ1n) is 35.3. The molecule has 2 aliphatic rings. The Bertz CT molecular complexity index is 2830. The molecule has 11 amide bonds. The molecule has 2 aliphatic heterocycles. The fourth-order valence-corrected chi connectivity index (χ4v) is 14.2. The lowest BCUT2D eigenvalue weighted by molar-refractivity contribution is -0.157. The molecule has 0 aliphatic carbocycles. The number of sulfone groups is 1. The van der Waals surface area contributed by atoms with Gasteiger partial charge in [0.15, 0.2) is 9.84 Å². The molecule has 28 heteroatoms. The van der Waals surface area contributed by atoms with E-state index in [1.165, 1.54) is 82.8 Å². The van der Waals surface area contributed by atoms with Crippen molar-refractivity contribution in [2.75, 3.05) is 93.7 Å². The van der Waals surface area contributed by atoms with Gasteiger partial charge < -0.3 is 65.4 Å². The van der Waals surface area contributed by atoms with Crippen molar-refractivity contribution in [2.45, 2.75) is 235 Å². The number of amides is 11. The number of ether oxygens (including phenoxy) is 1. The SMILES string of the molecule is CC=CC[C@@H](C)[C@@H](O)[C@@H]1C(=O)N[C@H](CC)C(=O)N(C)[C@H](CS(=O)(=O)CCCN2CCOCC2)C(=O)N(C)[C@@H](CC(C)C)C(=O)N[C@H](C(C)C)C(=O)N(C)[C@H](CC(C)C)C(=O)N[C@H](C)C(=O)N[C@@H](C)C(=O)N(C)[C@H](CC(C)C)C(=O)N(C)[C@H](CC(C)C)C(=O)N(C)[C@H](C(C)C)C(=O)N1C. The van der Waals surface area contributed by atoms with Gasteiger partial charge >= 0.3 is 0 Å². The first kappa shape index (κ1) is 87.8. The lowest BCUT2D eigenvalue weighted by atomic mass is 9.91. The fraction of sp³-hybridized carbons (Fsp3) is 0.814. The lowest BCUT2D eigenvalue weighted by Gasteiger charge is -2.41. The van der Waals surface area contributed by atoms with Crippen LogP contribution >= 0.6 is 0 Å². The van der Waals surface area contributed by atoms with Crippen molar-refractivity contribution in [1.82, 2.24) is 60.5 Å². The third-order valence-electron chi connectivity index (χ3n) is 18.8. The van der Waals surface area contributed by atoms with Crippen LogP contribution in [0.15, 0.2) is 12.2 Å². The quantitative estimate of drug-likeness (QED) is 0.103. The van der Waals surface area contributed by atoms with Gasteiger partial charge in [-0.15, -0.1) is 0 Å². The van der Waals surface area contributed by atoms with Crippen molar-refractivity contribution in [3.8, 4) is 0 Å². The van der Waals surface area contributed by atoms with Gasteiger partial charge in [0.1, 0.15) is 66.5 Å². The van der Waals surface area contributed by atoms with Gasteiger partial charge in [-0.25, -0.2) is 8.42 Å². The summed E-state index contributed by atoms with van der Waals surface area (Å²) in [7, 11) is 5.30. The highest BCUT2D eigenvalue weighted by molar-refractivity contribution is 7.91. The van der Waals surface area contributed by atoms with Gasteiger partial charge in [-0.3, -0.25) is 57.6 Å². The van der Waals surface area contributed by atoms with Gasteiger partial charge in [0.05, 0.1) is 30.8 Å². The second-order valence-electron chi connectivity index (χ2n) is 29.7. The van der Waals surface area contributed by atoms with E-state index in [1.807, 2.05) is 41.5 Å². The van der Waals surface area contributed by atoms with E-state index in [0.717, 1.165) is 14.7 Å². The number of morpholine rings is 1. The third-order valence-corrected chi connectivity index (χ3v) is 20.6. The number of nitrogens with zero attached hydrogens (tertiary/aromatic N) is 8. The maximum Gasteiger partial charge on any atom is 0.246 e. The van der Waals surface area contributed by atoms with Crippen LogP contribution in [0.3, 0.4) is 0 Å². The number of likely N-dealkylation sites (N-methyl/N-ethyl adjacent to an activating group) is 7. The van der Waals surface area contributed by atoms with Crippen LogP contribution in [0.4, 0.5) is 0 Å². The number of aliphatic hydroxyl groups is 1. The molecule has 562 valence electrons. The van der Waals surface area contributed by atoms with Crippen molar-refractivity contribution in [3.63, 3.8) is 0 Å². The molecule has 2 fully saturated rings. The summed E-state index contributed by atoms with van der Waals surface area (Å²) in [6, 6.07) is -15.2. The van der Waals surface area contributed by atoms with E-state index >= 15 is 33.6 Å². The number of allylic oxidation sites excluding steroid dienone is 2. The second kappa shape index (κ2) is 40.3. The van der Waals surface area contributed by atoms with E-state index in [0.29, 0.717) is 32.8 Å². The number of carbonyl (C=O) groups excluding carboxylic acids is 11. The predicted molar refractivity (Wildman–Crippen MR) is 378 cm³/mol. The van der Waals surface area contributed by atoms with E-state index in [-0.39, 0.29) is 74.4 Å². The maximum absolute atomic E-state index is 15.5. The molecule has 0 aromatic rings. The number of aliphatic hydroxyl groups excluding tert-OH is 1. The van der Waals surface area contributed by atoms with Gasteiger partial charge in [-0.05, 0) is 114 Å². The van der Waals surface area contributed by atoms with Crippen molar-refractivity contribution in [3.05, 3.63) is 12.2 Å². The molecule has 2 heterocycles. The summed E-state index contributed by atoms with van der Waals surface area (Å²) >= 11 is 0. The van der Waals surface area contributed by atoms with E-state index in [4.69, 9.17) is 4.74 Å². The van der Waals surface area contributed by atoms with E-state index in [9.17, 15) is 32.7 Å². The molecule has 0 aromatic carbocycles. The largest absolute Gasteiger partial charge is 0.390 e. The van der Waals surface area contributed by atoms with Crippen molar-refractivity contribution < 1.29 is 71.0 Å². The summed E-state index contributed by atoms with van der Waals surface area (Å²) in [4.78, 5) is 175. The average molecular weight is 1410 g/mol. The number of hydrogen-bond acceptors (Lipinski definition) is 16. The molecule has 27 nitrogen and oxygen atoms in total. The zero-order valence-electron chi connectivity index (χ0n) is 63.7. The van der Waals surface area contributed by atoms with Gasteiger partial charge in [-0.2, -0.15) is 0 Å². The molecule has 0 saturated carbocycles. The summed E-state index contributed by atoms with van der Waals surface area (Å²) < 4.78 is 34.4. The average Bonchev–Trinajstić information content (AvgIpc) is 0.807. The summed E-state index contributed by atoms with van der Waals surface area (Å²) in [5.74, 6) is -12.7. The fourth-order valence-electron chi connectivity index (χ4n) is 12.6. The minimum atomic E-state index is -4.22. The highest BCUT2D eigenvalue weighted by Crippen LogP contribution is 2.26. The van der Waals surface area contributed by atoms with Gasteiger partial charge in [0.2, 0.25) is 65.0 Å². The molecule has 0 unspecified atom stereocenters. The van der Waals surface area contributed by atoms with E-state index in [1.54, 1.807) is 74.5 Å². The van der Waals surface area contributed by atoms with Crippen LogP contribution in [0.25, 0.3) is 0 Å². The molecule has 13 atom stereocenters. The topological polar surface area (TPSA) is 325 Å². The monoisotopic (exact) mass is 1410 g/mol. The van der Waals surface area contributed by atoms with Crippen LogP contribution in [-0.2, 0) is 67.3 Å². The number of carbonyl (C=O) groups is 11. The molecular formula is C70H126N12O15S. The Morgan fingerprint density at radius 2 is 0.908 bits per heavy atom. The molecule has 98 heavy (non-hydrogen) atoms. The second-order valence-corrected chi connectivity index (χ2v) is 32.0. The summed E-state index contributed by atoms with van der Waals surface area (Å²) in [6.07, 6.45) is 2.52. The van der Waals surface area contributed by atoms with Crippen molar-refractivity contribution in [1.29, 1.82) is 0 Å². The smallest absolute Gasteiger partial charge is 0.246 e. The molecule has 2 rings (SSSR count). The zero-order valence-corrected chi connectivity index (χ0v) is 64.5. The number of rotatable bonds is 21. The van der Waals surface area contributed by atoms with Gasteiger partial charge in [0.25, 0.3) is 0 Å². The van der Waals surface area contributed by atoms with E-state index in [2.05, 4.69) is 26.2 Å². The van der Waals surface area contributed by atoms with Gasteiger partial charge in [-0.1, -0.05) is 109 Å². The van der Waals surface area contributed by atoms with Crippen LogP contribution in [0.1, 0.15) is 163 Å². The summed E-state index contributed by atoms with van der Waals surface area (Å²) in [5, 5.41) is 23.3. The van der Waals surface area contributed by atoms with E-state index < -0.39 is 171 Å². The number of nitrogens with one attached hydrogen (secondary N) is 4.